The Kier molecular flexibility index (Phi) is 3.61. The van der Waals surface area contributed by atoms with Crippen molar-refractivity contribution in [3.05, 3.63) is 0 Å². The highest BCUT2D eigenvalue weighted by Gasteiger charge is 2.20. The third kappa shape index (κ3) is 2.55. The number of hydrogen-bond acceptors (Lipinski definition) is 2. The van der Waals surface area contributed by atoms with E-state index in [1.807, 2.05) is 0 Å². The van der Waals surface area contributed by atoms with E-state index in [0.717, 1.165) is 25.7 Å². The van der Waals surface area contributed by atoms with Gasteiger partial charge in [0.05, 0.1) is 12.1 Å². The number of hydrogen-bond donors (Lipinski definition) is 0. The number of rotatable bonds is 2. The van der Waals surface area contributed by atoms with E-state index >= 15 is 0 Å². The summed E-state index contributed by atoms with van der Waals surface area (Å²) in [6, 6.07) is 4.44. The van der Waals surface area contributed by atoms with Crippen molar-refractivity contribution < 1.29 is 0 Å². The topological polar surface area (TPSA) is 47.6 Å². The van der Waals surface area contributed by atoms with Gasteiger partial charge in [-0.05, 0) is 37.5 Å². The summed E-state index contributed by atoms with van der Waals surface area (Å²) in [6.07, 6.45) is 6.03. The van der Waals surface area contributed by atoms with Gasteiger partial charge in [-0.25, -0.2) is 0 Å². The van der Waals surface area contributed by atoms with Gasteiger partial charge in [-0.3, -0.25) is 0 Å². The SMILES string of the molecule is N#CCC1CCC(CC#N)CC1. The Hall–Kier alpha value is -1.02. The summed E-state index contributed by atoms with van der Waals surface area (Å²) in [7, 11) is 0. The minimum Gasteiger partial charge on any atom is -0.198 e. The summed E-state index contributed by atoms with van der Waals surface area (Å²) >= 11 is 0. The first-order chi connectivity index (χ1) is 5.86. The summed E-state index contributed by atoms with van der Waals surface area (Å²) < 4.78 is 0. The lowest BCUT2D eigenvalue weighted by Gasteiger charge is -2.25. The second-order valence-electron chi connectivity index (χ2n) is 3.61. The lowest BCUT2D eigenvalue weighted by atomic mass is 9.80. The minimum atomic E-state index is 0.616. The fourth-order valence-electron chi connectivity index (χ4n) is 1.90. The lowest BCUT2D eigenvalue weighted by Crippen LogP contribution is -2.13. The predicted molar refractivity (Wildman–Crippen MR) is 45.9 cm³/mol. The zero-order chi connectivity index (χ0) is 8.81. The molecule has 0 aromatic rings. The maximum Gasteiger partial charge on any atom is 0.0624 e. The van der Waals surface area contributed by atoms with Crippen LogP contribution in [0.1, 0.15) is 38.5 Å². The van der Waals surface area contributed by atoms with Crippen LogP contribution in [-0.2, 0) is 0 Å². The molecule has 0 heterocycles. The molecule has 2 nitrogen and oxygen atoms in total. The molecule has 1 fully saturated rings. The summed E-state index contributed by atoms with van der Waals surface area (Å²) in [4.78, 5) is 0. The normalized spacial score (nSPS) is 28.8. The van der Waals surface area contributed by atoms with E-state index < -0.39 is 0 Å². The Bertz CT molecular complexity index is 177. The molecule has 0 atom stereocenters. The molecular weight excluding hydrogens is 148 g/mol. The Balaban J connectivity index is 2.22. The molecule has 0 unspecified atom stereocenters. The second kappa shape index (κ2) is 4.78. The van der Waals surface area contributed by atoms with Gasteiger partial charge in [0.2, 0.25) is 0 Å². The highest BCUT2D eigenvalue weighted by Crippen LogP contribution is 2.31. The van der Waals surface area contributed by atoms with Gasteiger partial charge in [0.15, 0.2) is 0 Å². The van der Waals surface area contributed by atoms with E-state index in [9.17, 15) is 0 Å². The molecule has 1 aliphatic rings. The molecule has 1 aliphatic carbocycles. The first-order valence-electron chi connectivity index (χ1n) is 4.60. The standard InChI is InChI=1S/C10H14N2/c11-7-5-9-1-2-10(4-3-9)6-8-12/h9-10H,1-6H2. The zero-order valence-electron chi connectivity index (χ0n) is 7.29. The Morgan fingerprint density at radius 1 is 0.833 bits per heavy atom. The summed E-state index contributed by atoms with van der Waals surface area (Å²) in [6.45, 7) is 0. The van der Waals surface area contributed by atoms with Gasteiger partial charge in [0.25, 0.3) is 0 Å². The Labute approximate surface area is 73.8 Å². The van der Waals surface area contributed by atoms with Gasteiger partial charge in [-0.2, -0.15) is 10.5 Å². The molecule has 0 spiro atoms. The van der Waals surface area contributed by atoms with E-state index in [4.69, 9.17) is 10.5 Å². The van der Waals surface area contributed by atoms with Gasteiger partial charge in [-0.15, -0.1) is 0 Å². The monoisotopic (exact) mass is 162 g/mol. The van der Waals surface area contributed by atoms with Gasteiger partial charge in [-0.1, -0.05) is 0 Å². The van der Waals surface area contributed by atoms with E-state index in [1.54, 1.807) is 0 Å². The predicted octanol–water partition coefficient (Wildman–Crippen LogP) is 2.62. The molecule has 0 amide bonds. The highest BCUT2D eigenvalue weighted by molar-refractivity contribution is 4.84. The first-order valence-corrected chi connectivity index (χ1v) is 4.60. The molecule has 0 bridgehead atoms. The Morgan fingerprint density at radius 2 is 1.17 bits per heavy atom. The third-order valence-electron chi connectivity index (χ3n) is 2.73. The van der Waals surface area contributed by atoms with Crippen LogP contribution in [0, 0.1) is 34.5 Å². The Morgan fingerprint density at radius 3 is 1.42 bits per heavy atom. The van der Waals surface area contributed by atoms with Gasteiger partial charge in [0, 0.05) is 12.8 Å². The summed E-state index contributed by atoms with van der Waals surface area (Å²) in [5.41, 5.74) is 0. The second-order valence-corrected chi connectivity index (χ2v) is 3.61. The maximum absolute atomic E-state index is 8.49. The van der Waals surface area contributed by atoms with Crippen molar-refractivity contribution in [2.45, 2.75) is 38.5 Å². The molecule has 12 heavy (non-hydrogen) atoms. The molecule has 1 rings (SSSR count). The van der Waals surface area contributed by atoms with Crippen LogP contribution in [0.4, 0.5) is 0 Å². The van der Waals surface area contributed by atoms with Crippen LogP contribution in [0.15, 0.2) is 0 Å². The smallest absolute Gasteiger partial charge is 0.0624 e. The van der Waals surface area contributed by atoms with E-state index in [0.29, 0.717) is 24.7 Å². The van der Waals surface area contributed by atoms with E-state index in [2.05, 4.69) is 12.1 Å². The molecular formula is C10H14N2. The fraction of sp³-hybridized carbons (Fsp3) is 0.800. The van der Waals surface area contributed by atoms with Crippen molar-refractivity contribution in [2.24, 2.45) is 11.8 Å². The van der Waals surface area contributed by atoms with Crippen LogP contribution in [0.3, 0.4) is 0 Å². The molecule has 0 radical (unpaired) electrons. The van der Waals surface area contributed by atoms with Crippen molar-refractivity contribution in [3.8, 4) is 12.1 Å². The molecule has 0 aromatic heterocycles. The summed E-state index contributed by atoms with van der Waals surface area (Å²) in [5.74, 6) is 1.23. The zero-order valence-corrected chi connectivity index (χ0v) is 7.29. The first kappa shape index (κ1) is 9.07. The van der Waals surface area contributed by atoms with Crippen molar-refractivity contribution in [1.29, 1.82) is 10.5 Å². The van der Waals surface area contributed by atoms with Crippen molar-refractivity contribution in [1.82, 2.24) is 0 Å². The molecule has 0 N–H and O–H groups in total. The molecule has 2 heteroatoms. The maximum atomic E-state index is 8.49. The van der Waals surface area contributed by atoms with Gasteiger partial charge >= 0.3 is 0 Å². The number of nitrogens with zero attached hydrogens (tertiary/aromatic N) is 2. The largest absolute Gasteiger partial charge is 0.198 e. The van der Waals surface area contributed by atoms with Crippen molar-refractivity contribution in [2.75, 3.05) is 0 Å². The van der Waals surface area contributed by atoms with Crippen molar-refractivity contribution >= 4 is 0 Å². The number of nitriles is 2. The summed E-state index contributed by atoms with van der Waals surface area (Å²) in [5, 5.41) is 17.0. The van der Waals surface area contributed by atoms with Gasteiger partial charge in [0.1, 0.15) is 0 Å². The van der Waals surface area contributed by atoms with Crippen LogP contribution in [0.25, 0.3) is 0 Å². The fourth-order valence-corrected chi connectivity index (χ4v) is 1.90. The molecule has 0 aromatic carbocycles. The minimum absolute atomic E-state index is 0.616. The molecule has 0 saturated heterocycles. The molecule has 1 saturated carbocycles. The average molecular weight is 162 g/mol. The van der Waals surface area contributed by atoms with E-state index in [-0.39, 0.29) is 0 Å². The average Bonchev–Trinajstić information content (AvgIpc) is 2.09. The van der Waals surface area contributed by atoms with Crippen LogP contribution < -0.4 is 0 Å². The van der Waals surface area contributed by atoms with Gasteiger partial charge < -0.3 is 0 Å². The molecule has 64 valence electrons. The highest BCUT2D eigenvalue weighted by atomic mass is 14.3. The van der Waals surface area contributed by atoms with Crippen LogP contribution in [-0.4, -0.2) is 0 Å². The van der Waals surface area contributed by atoms with Crippen LogP contribution in [0.5, 0.6) is 0 Å². The van der Waals surface area contributed by atoms with Crippen LogP contribution >= 0.6 is 0 Å². The molecule has 0 aliphatic heterocycles. The third-order valence-corrected chi connectivity index (χ3v) is 2.73. The van der Waals surface area contributed by atoms with Crippen molar-refractivity contribution in [3.63, 3.8) is 0 Å². The quantitative estimate of drug-likeness (QED) is 0.626. The van der Waals surface area contributed by atoms with E-state index in [1.165, 1.54) is 0 Å². The lowest BCUT2D eigenvalue weighted by molar-refractivity contribution is 0.281. The van der Waals surface area contributed by atoms with Crippen LogP contribution in [0.2, 0.25) is 0 Å².